The van der Waals surface area contributed by atoms with E-state index in [0.29, 0.717) is 0 Å². The standard InChI is InChI=1S/C18H14N4S2/c1-22-16(18(21)24-14-10-6-3-7-11-14)15(12-19)17(20)23-13-8-4-2-5-9-13/h2-11H,20-21H2. The first-order valence-corrected chi connectivity index (χ1v) is 8.52. The topological polar surface area (TPSA) is 80.2 Å². The van der Waals surface area contributed by atoms with E-state index >= 15 is 0 Å². The minimum atomic E-state index is 0.0762. The monoisotopic (exact) mass is 350 g/mol. The summed E-state index contributed by atoms with van der Waals surface area (Å²) in [6, 6.07) is 20.9. The van der Waals surface area contributed by atoms with E-state index in [-0.39, 0.29) is 21.3 Å². The summed E-state index contributed by atoms with van der Waals surface area (Å²) in [5.41, 5.74) is 12.3. The fourth-order valence-electron chi connectivity index (χ4n) is 1.79. The first kappa shape index (κ1) is 17.6. The largest absolute Gasteiger partial charge is 0.402 e. The Bertz CT molecular complexity index is 771. The van der Waals surface area contributed by atoms with Gasteiger partial charge in [-0.2, -0.15) is 5.26 Å². The molecule has 2 rings (SSSR count). The van der Waals surface area contributed by atoms with Gasteiger partial charge in [0.1, 0.15) is 0 Å². The molecule has 0 bridgehead atoms. The highest BCUT2D eigenvalue weighted by Crippen LogP contribution is 2.32. The van der Waals surface area contributed by atoms with Gasteiger partial charge in [0.25, 0.3) is 0 Å². The van der Waals surface area contributed by atoms with Crippen molar-refractivity contribution in [1.29, 1.82) is 5.26 Å². The Kier molecular flexibility index (Phi) is 6.39. The lowest BCUT2D eigenvalue weighted by Crippen LogP contribution is -2.04. The number of nitrogens with two attached hydrogens (primary N) is 2. The van der Waals surface area contributed by atoms with Gasteiger partial charge in [-0.05, 0) is 24.3 Å². The zero-order chi connectivity index (χ0) is 17.4. The molecule has 0 aliphatic heterocycles. The van der Waals surface area contributed by atoms with Gasteiger partial charge in [0.05, 0.1) is 28.3 Å². The molecule has 0 aliphatic rings. The summed E-state index contributed by atoms with van der Waals surface area (Å²) < 4.78 is 0. The van der Waals surface area contributed by atoms with E-state index in [9.17, 15) is 5.26 Å². The predicted molar refractivity (Wildman–Crippen MR) is 99.2 cm³/mol. The fourth-order valence-corrected chi connectivity index (χ4v) is 3.37. The maximum Gasteiger partial charge on any atom is 0.236 e. The zero-order valence-electron chi connectivity index (χ0n) is 12.6. The summed E-state index contributed by atoms with van der Waals surface area (Å²) in [6.45, 7) is 7.39. The van der Waals surface area contributed by atoms with Crippen molar-refractivity contribution in [2.45, 2.75) is 9.79 Å². The van der Waals surface area contributed by atoms with E-state index < -0.39 is 0 Å². The molecule has 0 aromatic heterocycles. The quantitative estimate of drug-likeness (QED) is 0.363. The second kappa shape index (κ2) is 8.73. The third kappa shape index (κ3) is 4.60. The molecular weight excluding hydrogens is 336 g/mol. The van der Waals surface area contributed by atoms with Crippen LogP contribution in [0.3, 0.4) is 0 Å². The molecule has 4 N–H and O–H groups in total. The van der Waals surface area contributed by atoms with Crippen LogP contribution >= 0.6 is 23.5 Å². The van der Waals surface area contributed by atoms with Gasteiger partial charge in [-0.15, -0.1) is 0 Å². The molecule has 24 heavy (non-hydrogen) atoms. The third-order valence-corrected chi connectivity index (χ3v) is 4.74. The number of benzene rings is 2. The van der Waals surface area contributed by atoms with Crippen LogP contribution in [-0.4, -0.2) is 0 Å². The molecule has 118 valence electrons. The van der Waals surface area contributed by atoms with E-state index in [2.05, 4.69) is 4.85 Å². The van der Waals surface area contributed by atoms with Crippen molar-refractivity contribution in [2.75, 3.05) is 0 Å². The average Bonchev–Trinajstić information content (AvgIpc) is 2.61. The molecule has 4 nitrogen and oxygen atoms in total. The SMILES string of the molecule is [C-]#[N+]C(=C(N)Sc1ccccc1)C(C#N)=C(N)Sc1ccccc1. The molecule has 0 unspecified atom stereocenters. The van der Waals surface area contributed by atoms with Gasteiger partial charge in [-0.1, -0.05) is 59.9 Å². The minimum absolute atomic E-state index is 0.0762. The van der Waals surface area contributed by atoms with Crippen LogP contribution in [0.25, 0.3) is 4.85 Å². The van der Waals surface area contributed by atoms with Crippen LogP contribution in [-0.2, 0) is 0 Å². The number of thioether (sulfide) groups is 2. The molecule has 6 heteroatoms. The maximum atomic E-state index is 9.45. The summed E-state index contributed by atoms with van der Waals surface area (Å²) in [5.74, 6) is 0. The highest BCUT2D eigenvalue weighted by Gasteiger charge is 2.16. The molecular formula is C18H14N4S2. The van der Waals surface area contributed by atoms with Crippen LogP contribution in [0, 0.1) is 17.9 Å². The lowest BCUT2D eigenvalue weighted by Gasteiger charge is -2.08. The summed E-state index contributed by atoms with van der Waals surface area (Å²) in [5, 5.41) is 9.96. The van der Waals surface area contributed by atoms with Crippen LogP contribution in [0.1, 0.15) is 0 Å². The first-order valence-electron chi connectivity index (χ1n) is 6.89. The van der Waals surface area contributed by atoms with E-state index in [1.54, 1.807) is 0 Å². The van der Waals surface area contributed by atoms with Gasteiger partial charge in [0.15, 0.2) is 0 Å². The highest BCUT2D eigenvalue weighted by atomic mass is 32.2. The fraction of sp³-hybridized carbons (Fsp3) is 0. The van der Waals surface area contributed by atoms with Gasteiger partial charge < -0.3 is 11.5 Å². The van der Waals surface area contributed by atoms with Crippen molar-refractivity contribution >= 4 is 23.5 Å². The van der Waals surface area contributed by atoms with Crippen molar-refractivity contribution < 1.29 is 0 Å². The van der Waals surface area contributed by atoms with Crippen molar-refractivity contribution in [3.05, 3.63) is 93.4 Å². The highest BCUT2D eigenvalue weighted by molar-refractivity contribution is 8.03. The van der Waals surface area contributed by atoms with Gasteiger partial charge in [-0.3, -0.25) is 0 Å². The van der Waals surface area contributed by atoms with Crippen molar-refractivity contribution in [1.82, 2.24) is 0 Å². The van der Waals surface area contributed by atoms with Crippen LogP contribution in [0.15, 0.2) is 91.8 Å². The number of rotatable bonds is 5. The lowest BCUT2D eigenvalue weighted by molar-refractivity contribution is 1.34. The number of hydrogen-bond donors (Lipinski definition) is 2. The van der Waals surface area contributed by atoms with Gasteiger partial charge in [0, 0.05) is 9.79 Å². The zero-order valence-corrected chi connectivity index (χ0v) is 14.3. The summed E-state index contributed by atoms with van der Waals surface area (Å²) in [4.78, 5) is 5.21. The molecule has 0 aliphatic carbocycles. The first-order chi connectivity index (χ1) is 11.7. The summed E-state index contributed by atoms with van der Waals surface area (Å²) in [6.07, 6.45) is 0. The number of allylic oxidation sites excluding steroid dienone is 1. The second-order valence-corrected chi connectivity index (χ2v) is 6.74. The van der Waals surface area contributed by atoms with E-state index in [1.165, 1.54) is 23.5 Å². The molecule has 0 fully saturated rings. The Labute approximate surface area is 149 Å². The van der Waals surface area contributed by atoms with Crippen LogP contribution < -0.4 is 11.5 Å². The molecule has 0 atom stereocenters. The lowest BCUT2D eigenvalue weighted by atomic mass is 10.2. The molecule has 0 heterocycles. The molecule has 2 aromatic rings. The van der Waals surface area contributed by atoms with E-state index in [0.717, 1.165) is 9.79 Å². The Hall–Kier alpha value is -2.80. The molecule has 0 saturated heterocycles. The molecule has 0 amide bonds. The normalized spacial score (nSPS) is 12.4. The third-order valence-electron chi connectivity index (χ3n) is 2.88. The van der Waals surface area contributed by atoms with Crippen LogP contribution in [0.4, 0.5) is 0 Å². The molecule has 0 radical (unpaired) electrons. The molecule has 0 saturated carbocycles. The Balaban J connectivity index is 2.35. The van der Waals surface area contributed by atoms with Crippen LogP contribution in [0.5, 0.6) is 0 Å². The number of hydrogen-bond acceptors (Lipinski definition) is 5. The van der Waals surface area contributed by atoms with Crippen molar-refractivity contribution in [3.63, 3.8) is 0 Å². The summed E-state index contributed by atoms with van der Waals surface area (Å²) >= 11 is 2.47. The smallest absolute Gasteiger partial charge is 0.236 e. The minimum Gasteiger partial charge on any atom is -0.402 e. The van der Waals surface area contributed by atoms with E-state index in [1.807, 2.05) is 66.7 Å². The Morgan fingerprint density at radius 3 is 1.75 bits per heavy atom. The maximum absolute atomic E-state index is 9.45. The summed E-state index contributed by atoms with van der Waals surface area (Å²) in [7, 11) is 0. The van der Waals surface area contributed by atoms with Gasteiger partial charge >= 0.3 is 0 Å². The average molecular weight is 350 g/mol. The Morgan fingerprint density at radius 2 is 1.33 bits per heavy atom. The van der Waals surface area contributed by atoms with Gasteiger partial charge in [0.2, 0.25) is 5.70 Å². The van der Waals surface area contributed by atoms with Crippen molar-refractivity contribution in [2.24, 2.45) is 11.5 Å². The molecule has 2 aromatic carbocycles. The second-order valence-electron chi connectivity index (χ2n) is 4.51. The Morgan fingerprint density at radius 1 is 0.875 bits per heavy atom. The predicted octanol–water partition coefficient (Wildman–Crippen LogP) is 4.31. The van der Waals surface area contributed by atoms with E-state index in [4.69, 9.17) is 18.0 Å². The number of nitrogens with zero attached hydrogens (tertiary/aromatic N) is 2. The molecule has 0 spiro atoms. The van der Waals surface area contributed by atoms with Crippen molar-refractivity contribution in [3.8, 4) is 6.07 Å². The number of nitriles is 1. The van der Waals surface area contributed by atoms with Gasteiger partial charge in [-0.25, -0.2) is 4.85 Å². The van der Waals surface area contributed by atoms with Crippen LogP contribution in [0.2, 0.25) is 0 Å².